The van der Waals surface area contributed by atoms with E-state index in [0.717, 1.165) is 0 Å². The second-order valence-corrected chi connectivity index (χ2v) is 8.64. The third-order valence-electron chi connectivity index (χ3n) is 4.05. The number of thiocarbonyl (C=S) groups is 1. The van der Waals surface area contributed by atoms with Gasteiger partial charge in [-0.05, 0) is 48.9 Å². The molecule has 2 aromatic rings. The molecule has 0 unspecified atom stereocenters. The van der Waals surface area contributed by atoms with Crippen molar-refractivity contribution in [3.8, 4) is 11.5 Å². The fraction of sp³-hybridized carbons (Fsp3) is 0.190. The smallest absolute Gasteiger partial charge is 0.344 e. The van der Waals surface area contributed by atoms with Crippen molar-refractivity contribution in [3.05, 3.63) is 56.9 Å². The number of halogens is 2. The van der Waals surface area contributed by atoms with Crippen molar-refractivity contribution >= 4 is 75.1 Å². The van der Waals surface area contributed by atoms with Gasteiger partial charge in [0.2, 0.25) is 0 Å². The van der Waals surface area contributed by atoms with E-state index in [1.165, 1.54) is 23.8 Å². The van der Waals surface area contributed by atoms with Crippen molar-refractivity contribution in [2.75, 3.05) is 25.2 Å². The molecule has 1 heterocycles. The number of benzene rings is 2. The number of ether oxygens (including phenoxy) is 3. The van der Waals surface area contributed by atoms with Gasteiger partial charge in [-0.25, -0.2) is 4.79 Å². The fourth-order valence-electron chi connectivity index (χ4n) is 2.75. The Balaban J connectivity index is 1.86. The van der Waals surface area contributed by atoms with Crippen molar-refractivity contribution in [2.45, 2.75) is 6.92 Å². The number of carbonyl (C=O) groups is 2. The summed E-state index contributed by atoms with van der Waals surface area (Å²) in [6, 6.07) is 10.2. The van der Waals surface area contributed by atoms with Crippen LogP contribution >= 0.6 is 47.2 Å². The number of thioether (sulfide) groups is 1. The molecule has 31 heavy (non-hydrogen) atoms. The molecule has 0 bridgehead atoms. The van der Waals surface area contributed by atoms with Gasteiger partial charge in [0, 0.05) is 5.02 Å². The van der Waals surface area contributed by atoms with Gasteiger partial charge in [0.1, 0.15) is 0 Å². The van der Waals surface area contributed by atoms with E-state index in [1.54, 1.807) is 49.4 Å². The number of hydrogen-bond donors (Lipinski definition) is 0. The minimum absolute atomic E-state index is 0.209. The monoisotopic (exact) mass is 497 g/mol. The molecule has 1 aliphatic heterocycles. The number of amides is 1. The van der Waals surface area contributed by atoms with Gasteiger partial charge in [-0.1, -0.05) is 53.2 Å². The Hall–Kier alpha value is -2.26. The molecule has 0 N–H and O–H groups in total. The molecule has 0 aliphatic carbocycles. The van der Waals surface area contributed by atoms with Crippen LogP contribution in [0.5, 0.6) is 11.5 Å². The minimum atomic E-state index is -0.519. The zero-order valence-electron chi connectivity index (χ0n) is 16.5. The molecule has 6 nitrogen and oxygen atoms in total. The van der Waals surface area contributed by atoms with E-state index in [1.807, 2.05) is 0 Å². The summed E-state index contributed by atoms with van der Waals surface area (Å²) in [6.45, 7) is 1.65. The van der Waals surface area contributed by atoms with Gasteiger partial charge in [-0.2, -0.15) is 0 Å². The summed E-state index contributed by atoms with van der Waals surface area (Å²) < 4.78 is 16.0. The molecule has 1 saturated heterocycles. The van der Waals surface area contributed by atoms with Crippen molar-refractivity contribution in [1.82, 2.24) is 0 Å². The highest BCUT2D eigenvalue weighted by molar-refractivity contribution is 8.27. The van der Waals surface area contributed by atoms with Crippen LogP contribution in [-0.4, -0.2) is 36.5 Å². The number of esters is 1. The third kappa shape index (κ3) is 5.51. The van der Waals surface area contributed by atoms with E-state index in [2.05, 4.69) is 0 Å². The fourth-order valence-corrected chi connectivity index (χ4v) is 4.51. The van der Waals surface area contributed by atoms with Crippen LogP contribution in [0.25, 0.3) is 6.08 Å². The number of rotatable bonds is 7. The molecular weight excluding hydrogens is 481 g/mol. The number of methoxy groups -OCH3 is 1. The van der Waals surface area contributed by atoms with Gasteiger partial charge in [-0.15, -0.1) is 0 Å². The minimum Gasteiger partial charge on any atom is -0.493 e. The summed E-state index contributed by atoms with van der Waals surface area (Å²) in [7, 11) is 1.45. The van der Waals surface area contributed by atoms with Gasteiger partial charge < -0.3 is 14.2 Å². The molecule has 0 aromatic heterocycles. The maximum Gasteiger partial charge on any atom is 0.344 e. The highest BCUT2D eigenvalue weighted by atomic mass is 35.5. The van der Waals surface area contributed by atoms with Crippen LogP contribution in [0.1, 0.15) is 12.5 Å². The van der Waals surface area contributed by atoms with E-state index in [-0.39, 0.29) is 29.9 Å². The first kappa shape index (κ1) is 23.4. The first-order valence-corrected chi connectivity index (χ1v) is 11.0. The third-order valence-corrected chi connectivity index (χ3v) is 5.87. The lowest BCUT2D eigenvalue weighted by atomic mass is 10.1. The van der Waals surface area contributed by atoms with Crippen LogP contribution in [-0.2, 0) is 14.3 Å². The summed E-state index contributed by atoms with van der Waals surface area (Å²) in [5.41, 5.74) is 1.20. The first-order chi connectivity index (χ1) is 14.8. The predicted molar refractivity (Wildman–Crippen MR) is 127 cm³/mol. The van der Waals surface area contributed by atoms with Gasteiger partial charge in [0.15, 0.2) is 22.4 Å². The highest BCUT2D eigenvalue weighted by Gasteiger charge is 2.33. The average molecular weight is 498 g/mol. The van der Waals surface area contributed by atoms with Gasteiger partial charge in [0.05, 0.1) is 29.3 Å². The van der Waals surface area contributed by atoms with Crippen LogP contribution < -0.4 is 14.4 Å². The van der Waals surface area contributed by atoms with E-state index < -0.39 is 5.97 Å². The summed E-state index contributed by atoms with van der Waals surface area (Å²) in [5.74, 6) is -0.265. The van der Waals surface area contributed by atoms with Gasteiger partial charge in [-0.3, -0.25) is 9.69 Å². The second kappa shape index (κ2) is 10.4. The number of nitrogens with zero attached hydrogens (tertiary/aromatic N) is 1. The zero-order chi connectivity index (χ0) is 22.5. The molecule has 1 amide bonds. The Bertz CT molecular complexity index is 1070. The van der Waals surface area contributed by atoms with E-state index in [4.69, 9.17) is 49.6 Å². The Kier molecular flexibility index (Phi) is 7.83. The highest BCUT2D eigenvalue weighted by Crippen LogP contribution is 2.40. The molecule has 1 fully saturated rings. The van der Waals surface area contributed by atoms with Crippen LogP contribution in [0, 0.1) is 0 Å². The molecule has 162 valence electrons. The van der Waals surface area contributed by atoms with Gasteiger partial charge in [0.25, 0.3) is 5.91 Å². The maximum atomic E-state index is 12.9. The van der Waals surface area contributed by atoms with Crippen LogP contribution in [0.2, 0.25) is 10.0 Å². The Morgan fingerprint density at radius 1 is 1.26 bits per heavy atom. The standard InChI is InChI=1S/C21H17Cl2NO5S2/c1-3-28-18(25)11-29-19-15(23)7-12(8-16(19)27-2)9-17-20(26)24(21(30)31-17)14-6-4-5-13(22)10-14/h4-10H,3,11H2,1-2H3/b17-9+. The second-order valence-electron chi connectivity index (χ2n) is 6.12. The molecule has 0 atom stereocenters. The molecule has 0 saturated carbocycles. The van der Waals surface area contributed by atoms with Crippen molar-refractivity contribution in [2.24, 2.45) is 0 Å². The summed E-state index contributed by atoms with van der Waals surface area (Å²) in [5, 5.41) is 0.727. The Morgan fingerprint density at radius 2 is 2.03 bits per heavy atom. The number of hydrogen-bond acceptors (Lipinski definition) is 7. The van der Waals surface area contributed by atoms with E-state index in [9.17, 15) is 9.59 Å². The van der Waals surface area contributed by atoms with Crippen LogP contribution in [0.4, 0.5) is 5.69 Å². The molecule has 1 aliphatic rings. The summed E-state index contributed by atoms with van der Waals surface area (Å²) >= 11 is 18.9. The first-order valence-electron chi connectivity index (χ1n) is 9.03. The molecule has 0 radical (unpaired) electrons. The average Bonchev–Trinajstić information content (AvgIpc) is 3.00. The lowest BCUT2D eigenvalue weighted by molar-refractivity contribution is -0.145. The van der Waals surface area contributed by atoms with Crippen molar-refractivity contribution < 1.29 is 23.8 Å². The zero-order valence-corrected chi connectivity index (χ0v) is 19.7. The van der Waals surface area contributed by atoms with Gasteiger partial charge >= 0.3 is 5.97 Å². The number of carbonyl (C=O) groups excluding carboxylic acids is 2. The molecule has 2 aromatic carbocycles. The lowest BCUT2D eigenvalue weighted by Crippen LogP contribution is -2.27. The summed E-state index contributed by atoms with van der Waals surface area (Å²) in [4.78, 5) is 26.3. The topological polar surface area (TPSA) is 65.1 Å². The molecule has 0 spiro atoms. The SMILES string of the molecule is CCOC(=O)COc1c(Cl)cc(/C=C2/SC(=S)N(c3cccc(Cl)c3)C2=O)cc1OC. The lowest BCUT2D eigenvalue weighted by Gasteiger charge is -2.14. The maximum absolute atomic E-state index is 12.9. The molecule has 10 heteroatoms. The molecule has 3 rings (SSSR count). The number of anilines is 1. The van der Waals surface area contributed by atoms with E-state index in [0.29, 0.717) is 31.2 Å². The van der Waals surface area contributed by atoms with Crippen LogP contribution in [0.15, 0.2) is 41.3 Å². The summed E-state index contributed by atoms with van der Waals surface area (Å²) in [6.07, 6.45) is 1.66. The van der Waals surface area contributed by atoms with Crippen molar-refractivity contribution in [3.63, 3.8) is 0 Å². The van der Waals surface area contributed by atoms with Crippen LogP contribution in [0.3, 0.4) is 0 Å². The normalized spacial score (nSPS) is 14.8. The Labute approximate surface area is 199 Å². The Morgan fingerprint density at radius 3 is 2.71 bits per heavy atom. The molecular formula is C21H17Cl2NO5S2. The largest absolute Gasteiger partial charge is 0.493 e. The quantitative estimate of drug-likeness (QED) is 0.290. The predicted octanol–water partition coefficient (Wildman–Crippen LogP) is 5.35. The van der Waals surface area contributed by atoms with Crippen molar-refractivity contribution in [1.29, 1.82) is 0 Å². The van der Waals surface area contributed by atoms with E-state index >= 15 is 0 Å².